The molecule has 2 N–H and O–H groups in total. The Bertz CT molecular complexity index is 972. The number of benzene rings is 2. The zero-order valence-corrected chi connectivity index (χ0v) is 17.5. The molecule has 1 saturated heterocycles. The highest BCUT2D eigenvalue weighted by atomic mass is 16.5. The lowest BCUT2D eigenvalue weighted by molar-refractivity contribution is -0.659. The third-order valence-electron chi connectivity index (χ3n) is 5.14. The van der Waals surface area contributed by atoms with E-state index in [1.54, 1.807) is 7.11 Å². The van der Waals surface area contributed by atoms with Crippen molar-refractivity contribution in [2.45, 2.75) is 0 Å². The molecule has 1 aromatic heterocycles. The molecular formula is C23H28N5O2+. The Morgan fingerprint density at radius 1 is 1.07 bits per heavy atom. The van der Waals surface area contributed by atoms with Crippen molar-refractivity contribution in [3.05, 3.63) is 60.9 Å². The van der Waals surface area contributed by atoms with Crippen LogP contribution in [0.1, 0.15) is 0 Å². The maximum atomic E-state index is 5.93. The number of piperazine rings is 1. The number of ether oxygens (including phenoxy) is 2. The number of aryl methyl sites for hydroxylation is 1. The van der Waals surface area contributed by atoms with Gasteiger partial charge in [0.1, 0.15) is 18.2 Å². The second-order valence-corrected chi connectivity index (χ2v) is 7.29. The van der Waals surface area contributed by atoms with Gasteiger partial charge in [0.15, 0.2) is 5.69 Å². The van der Waals surface area contributed by atoms with Crippen molar-refractivity contribution in [2.75, 3.05) is 45.3 Å². The largest absolute Gasteiger partial charge is 0.497 e. The topological polar surface area (TPSA) is 62.5 Å². The molecule has 0 radical (unpaired) electrons. The molecule has 4 rings (SSSR count). The fourth-order valence-electron chi connectivity index (χ4n) is 3.34. The van der Waals surface area contributed by atoms with Gasteiger partial charge in [0, 0.05) is 37.8 Å². The summed E-state index contributed by atoms with van der Waals surface area (Å²) in [5.74, 6) is 2.62. The fourth-order valence-corrected chi connectivity index (χ4v) is 3.34. The summed E-state index contributed by atoms with van der Waals surface area (Å²) in [4.78, 5) is 6.88. The summed E-state index contributed by atoms with van der Waals surface area (Å²) in [6.45, 7) is 4.70. The van der Waals surface area contributed by atoms with Crippen LogP contribution in [0.25, 0.3) is 11.3 Å². The number of methoxy groups -OCH3 is 1. The third-order valence-corrected chi connectivity index (χ3v) is 5.14. The Balaban J connectivity index is 1.45. The molecule has 1 aliphatic rings. The summed E-state index contributed by atoms with van der Waals surface area (Å²) < 4.78 is 13.2. The van der Waals surface area contributed by atoms with E-state index in [1.165, 1.54) is 0 Å². The molecule has 7 nitrogen and oxygen atoms in total. The zero-order chi connectivity index (χ0) is 20.8. The van der Waals surface area contributed by atoms with Crippen molar-refractivity contribution in [1.29, 1.82) is 0 Å². The van der Waals surface area contributed by atoms with E-state index < -0.39 is 0 Å². The number of nitrogens with one attached hydrogen (secondary N) is 2. The minimum atomic E-state index is 0.620. The maximum Gasteiger partial charge on any atom is 0.229 e. The van der Waals surface area contributed by atoms with Gasteiger partial charge in [0.2, 0.25) is 12.1 Å². The molecule has 0 saturated carbocycles. The lowest BCUT2D eigenvalue weighted by Crippen LogP contribution is -2.44. The van der Waals surface area contributed by atoms with Crippen LogP contribution in [-0.4, -0.2) is 49.9 Å². The number of rotatable bonds is 7. The first-order valence-electron chi connectivity index (χ1n) is 10.1. The monoisotopic (exact) mass is 406 g/mol. The SMILES string of the molecule is COc1cccc(Nc2cc(-c3ccc(OCN4CCNCC4)cc3)nc[n+]2C)c1. The van der Waals surface area contributed by atoms with Crippen LogP contribution < -0.4 is 24.7 Å². The highest BCUT2D eigenvalue weighted by molar-refractivity contribution is 5.65. The summed E-state index contributed by atoms with van der Waals surface area (Å²) in [6, 6.07) is 18.0. The summed E-state index contributed by atoms with van der Waals surface area (Å²) in [6.07, 6.45) is 1.81. The van der Waals surface area contributed by atoms with E-state index in [0.717, 1.165) is 60.4 Å². The number of hydrogen-bond acceptors (Lipinski definition) is 6. The van der Waals surface area contributed by atoms with Crippen LogP contribution in [0, 0.1) is 0 Å². The Labute approximate surface area is 177 Å². The standard InChI is InChI=1S/C23H27N5O2/c1-27-16-25-22(15-23(27)26-19-4-3-5-21(14-19)29-2)18-6-8-20(9-7-18)30-17-28-12-10-24-11-13-28/h3-9,14-16,24H,10-13,17H2,1-2H3/p+1. The van der Waals surface area contributed by atoms with Crippen LogP contribution in [0.4, 0.5) is 11.5 Å². The molecule has 0 amide bonds. The summed E-state index contributed by atoms with van der Waals surface area (Å²) in [5, 5.41) is 6.78. The summed E-state index contributed by atoms with van der Waals surface area (Å²) >= 11 is 0. The first kappa shape index (κ1) is 20.1. The van der Waals surface area contributed by atoms with Crippen LogP contribution in [0.15, 0.2) is 60.9 Å². The quantitative estimate of drug-likeness (QED) is 0.588. The Hall–Kier alpha value is -3.16. The van der Waals surface area contributed by atoms with E-state index in [0.29, 0.717) is 6.73 Å². The second kappa shape index (κ2) is 9.56. The average Bonchev–Trinajstić information content (AvgIpc) is 2.80. The van der Waals surface area contributed by atoms with Gasteiger partial charge in [-0.3, -0.25) is 10.2 Å². The molecule has 156 valence electrons. The zero-order valence-electron chi connectivity index (χ0n) is 17.5. The summed E-state index contributed by atoms with van der Waals surface area (Å²) in [5.41, 5.74) is 2.89. The van der Waals surface area contributed by atoms with Gasteiger partial charge in [-0.15, -0.1) is 4.98 Å². The molecule has 2 heterocycles. The smallest absolute Gasteiger partial charge is 0.229 e. The molecule has 3 aromatic rings. The molecule has 1 aliphatic heterocycles. The predicted molar refractivity (Wildman–Crippen MR) is 117 cm³/mol. The first-order valence-corrected chi connectivity index (χ1v) is 10.1. The summed E-state index contributed by atoms with van der Waals surface area (Å²) in [7, 11) is 3.63. The maximum absolute atomic E-state index is 5.93. The molecule has 0 unspecified atom stereocenters. The second-order valence-electron chi connectivity index (χ2n) is 7.29. The highest BCUT2D eigenvalue weighted by Crippen LogP contribution is 2.24. The van der Waals surface area contributed by atoms with Gasteiger partial charge in [-0.1, -0.05) is 6.07 Å². The van der Waals surface area contributed by atoms with Gasteiger partial charge in [-0.2, -0.15) is 0 Å². The van der Waals surface area contributed by atoms with Crippen LogP contribution in [0.5, 0.6) is 11.5 Å². The minimum absolute atomic E-state index is 0.620. The van der Waals surface area contributed by atoms with Crippen molar-refractivity contribution in [3.8, 4) is 22.8 Å². The van der Waals surface area contributed by atoms with Crippen molar-refractivity contribution in [2.24, 2.45) is 7.05 Å². The molecule has 30 heavy (non-hydrogen) atoms. The van der Waals surface area contributed by atoms with E-state index in [2.05, 4.69) is 20.5 Å². The van der Waals surface area contributed by atoms with Gasteiger partial charge >= 0.3 is 0 Å². The molecule has 0 aliphatic carbocycles. The van der Waals surface area contributed by atoms with Crippen LogP contribution in [-0.2, 0) is 7.05 Å². The lowest BCUT2D eigenvalue weighted by Gasteiger charge is -2.26. The van der Waals surface area contributed by atoms with E-state index in [-0.39, 0.29) is 0 Å². The van der Waals surface area contributed by atoms with E-state index in [4.69, 9.17) is 9.47 Å². The molecular weight excluding hydrogens is 378 g/mol. The Kier molecular flexibility index (Phi) is 6.41. The average molecular weight is 407 g/mol. The van der Waals surface area contributed by atoms with Gasteiger partial charge in [-0.25, -0.2) is 4.57 Å². The minimum Gasteiger partial charge on any atom is -0.497 e. The van der Waals surface area contributed by atoms with E-state index >= 15 is 0 Å². The van der Waals surface area contributed by atoms with Gasteiger partial charge in [-0.05, 0) is 36.4 Å². The molecule has 0 bridgehead atoms. The van der Waals surface area contributed by atoms with Gasteiger partial charge in [0.25, 0.3) is 0 Å². The number of anilines is 2. The first-order chi connectivity index (χ1) is 14.7. The molecule has 2 aromatic carbocycles. The van der Waals surface area contributed by atoms with Crippen LogP contribution in [0.3, 0.4) is 0 Å². The third kappa shape index (κ3) is 5.06. The van der Waals surface area contributed by atoms with Crippen molar-refractivity contribution < 1.29 is 14.0 Å². The molecule has 7 heteroatoms. The van der Waals surface area contributed by atoms with Gasteiger partial charge in [0.05, 0.1) is 25.9 Å². The van der Waals surface area contributed by atoms with E-state index in [9.17, 15) is 0 Å². The number of aromatic nitrogens is 2. The Morgan fingerprint density at radius 2 is 1.87 bits per heavy atom. The van der Waals surface area contributed by atoms with Crippen LogP contribution in [0.2, 0.25) is 0 Å². The fraction of sp³-hybridized carbons (Fsp3) is 0.304. The molecule has 1 fully saturated rings. The normalized spacial score (nSPS) is 14.3. The highest BCUT2D eigenvalue weighted by Gasteiger charge is 2.13. The van der Waals surface area contributed by atoms with Crippen molar-refractivity contribution in [1.82, 2.24) is 15.2 Å². The van der Waals surface area contributed by atoms with Crippen LogP contribution >= 0.6 is 0 Å². The van der Waals surface area contributed by atoms with Gasteiger partial charge < -0.3 is 14.8 Å². The Morgan fingerprint density at radius 3 is 2.63 bits per heavy atom. The molecule has 0 atom stereocenters. The predicted octanol–water partition coefficient (Wildman–Crippen LogP) is 2.57. The number of nitrogens with zero attached hydrogens (tertiary/aromatic N) is 3. The molecule has 0 spiro atoms. The van der Waals surface area contributed by atoms with Crippen molar-refractivity contribution >= 4 is 11.5 Å². The number of hydrogen-bond donors (Lipinski definition) is 2. The van der Waals surface area contributed by atoms with Crippen molar-refractivity contribution in [3.63, 3.8) is 0 Å². The van der Waals surface area contributed by atoms with E-state index in [1.807, 2.05) is 72.5 Å². The lowest BCUT2D eigenvalue weighted by atomic mass is 10.1.